The van der Waals surface area contributed by atoms with E-state index in [4.69, 9.17) is 4.74 Å². The highest BCUT2D eigenvalue weighted by Gasteiger charge is 2.21. The first-order valence-electron chi connectivity index (χ1n) is 9.72. The van der Waals surface area contributed by atoms with Crippen LogP contribution in [0.5, 0.6) is 11.5 Å². The van der Waals surface area contributed by atoms with Gasteiger partial charge in [-0.2, -0.15) is 0 Å². The van der Waals surface area contributed by atoms with E-state index in [1.807, 2.05) is 0 Å². The minimum absolute atomic E-state index is 1.01. The van der Waals surface area contributed by atoms with E-state index in [-0.39, 0.29) is 0 Å². The molecule has 0 atom stereocenters. The lowest BCUT2D eigenvalue weighted by Gasteiger charge is -2.25. The molecule has 0 bridgehead atoms. The molecule has 0 saturated carbocycles. The van der Waals surface area contributed by atoms with E-state index in [0.717, 1.165) is 30.8 Å². The van der Waals surface area contributed by atoms with E-state index in [1.165, 1.54) is 60.8 Å². The van der Waals surface area contributed by atoms with E-state index in [9.17, 15) is 0 Å². The minimum Gasteiger partial charge on any atom is -0.456 e. The van der Waals surface area contributed by atoms with Crippen molar-refractivity contribution in [1.82, 2.24) is 0 Å². The molecule has 0 aromatic heterocycles. The van der Waals surface area contributed by atoms with Crippen molar-refractivity contribution in [3.63, 3.8) is 0 Å². The maximum absolute atomic E-state index is 6.50. The maximum Gasteiger partial charge on any atom is 0.134 e. The van der Waals surface area contributed by atoms with Gasteiger partial charge in [-0.05, 0) is 47.9 Å². The summed E-state index contributed by atoms with van der Waals surface area (Å²) in [7, 11) is 0. The first-order valence-corrected chi connectivity index (χ1v) is 9.72. The molecule has 0 amide bonds. The van der Waals surface area contributed by atoms with Gasteiger partial charge in [0.15, 0.2) is 0 Å². The first-order chi connectivity index (χ1) is 11.8. The quantitative estimate of drug-likeness (QED) is 0.412. The summed E-state index contributed by atoms with van der Waals surface area (Å²) in [6, 6.07) is 13.3. The third kappa shape index (κ3) is 3.83. The number of benzene rings is 2. The summed E-state index contributed by atoms with van der Waals surface area (Å²) in [6.45, 7) is 4.52. The molecule has 0 radical (unpaired) electrons. The number of hydrogen-bond donors (Lipinski definition) is 0. The third-order valence-corrected chi connectivity index (χ3v) is 5.04. The molecule has 1 aliphatic heterocycles. The van der Waals surface area contributed by atoms with Crippen LogP contribution < -0.4 is 4.74 Å². The van der Waals surface area contributed by atoms with Crippen molar-refractivity contribution in [1.29, 1.82) is 0 Å². The average Bonchev–Trinajstić information content (AvgIpc) is 2.61. The summed E-state index contributed by atoms with van der Waals surface area (Å²) in [6.07, 6.45) is 10.9. The average molecular weight is 322 g/mol. The van der Waals surface area contributed by atoms with Gasteiger partial charge in [-0.25, -0.2) is 0 Å². The van der Waals surface area contributed by atoms with Crippen LogP contribution in [-0.2, 0) is 19.3 Å². The highest BCUT2D eigenvalue weighted by Crippen LogP contribution is 2.41. The van der Waals surface area contributed by atoms with Crippen LogP contribution in [0.2, 0.25) is 0 Å². The van der Waals surface area contributed by atoms with Gasteiger partial charge >= 0.3 is 0 Å². The van der Waals surface area contributed by atoms with Crippen molar-refractivity contribution in [2.24, 2.45) is 0 Å². The van der Waals surface area contributed by atoms with Crippen molar-refractivity contribution >= 4 is 0 Å². The molecule has 1 nitrogen and oxygen atoms in total. The maximum atomic E-state index is 6.50. The normalized spacial score (nSPS) is 12.4. The number of para-hydroxylation sites is 2. The zero-order valence-corrected chi connectivity index (χ0v) is 15.2. The van der Waals surface area contributed by atoms with Crippen LogP contribution in [0.4, 0.5) is 0 Å². The van der Waals surface area contributed by atoms with Gasteiger partial charge in [0, 0.05) is 6.42 Å². The number of hydrogen-bond acceptors (Lipinski definition) is 1. The van der Waals surface area contributed by atoms with Gasteiger partial charge in [0.2, 0.25) is 0 Å². The molecule has 1 heterocycles. The molecule has 24 heavy (non-hydrogen) atoms. The Balaban J connectivity index is 1.83. The SMILES string of the molecule is CCCCCc1cccc2c1Oc1c(CCCCC)cccc1C2. The van der Waals surface area contributed by atoms with Crippen LogP contribution in [-0.4, -0.2) is 0 Å². The van der Waals surface area contributed by atoms with Crippen LogP contribution in [0.3, 0.4) is 0 Å². The van der Waals surface area contributed by atoms with Crippen molar-refractivity contribution < 1.29 is 4.74 Å². The van der Waals surface area contributed by atoms with Gasteiger partial charge in [-0.1, -0.05) is 75.9 Å². The van der Waals surface area contributed by atoms with Gasteiger partial charge in [0.1, 0.15) is 11.5 Å². The first kappa shape index (κ1) is 17.1. The number of unbranched alkanes of at least 4 members (excludes halogenated alkanes) is 4. The molecular weight excluding hydrogens is 292 g/mol. The summed E-state index contributed by atoms with van der Waals surface area (Å²) >= 11 is 0. The highest BCUT2D eigenvalue weighted by atomic mass is 16.5. The third-order valence-electron chi connectivity index (χ3n) is 5.04. The number of rotatable bonds is 8. The van der Waals surface area contributed by atoms with E-state index < -0.39 is 0 Å². The number of ether oxygens (including phenoxy) is 1. The fourth-order valence-electron chi connectivity index (χ4n) is 3.65. The Hall–Kier alpha value is -1.76. The Kier molecular flexibility index (Phi) is 5.96. The van der Waals surface area contributed by atoms with Crippen LogP contribution in [0.25, 0.3) is 0 Å². The minimum atomic E-state index is 1.01. The molecule has 128 valence electrons. The fourth-order valence-corrected chi connectivity index (χ4v) is 3.65. The van der Waals surface area contributed by atoms with Gasteiger partial charge in [-0.3, -0.25) is 0 Å². The second-order valence-corrected chi connectivity index (χ2v) is 7.00. The largest absolute Gasteiger partial charge is 0.456 e. The predicted octanol–water partition coefficient (Wildman–Crippen LogP) is 6.85. The van der Waals surface area contributed by atoms with E-state index in [1.54, 1.807) is 0 Å². The Labute approximate surface area is 147 Å². The highest BCUT2D eigenvalue weighted by molar-refractivity contribution is 5.55. The molecule has 0 saturated heterocycles. The van der Waals surface area contributed by atoms with E-state index >= 15 is 0 Å². The van der Waals surface area contributed by atoms with Crippen molar-refractivity contribution in [3.05, 3.63) is 58.7 Å². The standard InChI is InChI=1S/C23H30O/c1-3-5-7-11-18-13-9-15-20-17-21-16-10-14-19(12-8-6-4-2)23(21)24-22(18)20/h9-10,13-16H,3-8,11-12,17H2,1-2H3. The lowest BCUT2D eigenvalue weighted by molar-refractivity contribution is 0.445. The molecule has 2 aromatic rings. The fraction of sp³-hybridized carbons (Fsp3) is 0.478. The van der Waals surface area contributed by atoms with Gasteiger partial charge < -0.3 is 4.74 Å². The molecule has 3 rings (SSSR count). The van der Waals surface area contributed by atoms with Crippen LogP contribution >= 0.6 is 0 Å². The van der Waals surface area contributed by atoms with E-state index in [2.05, 4.69) is 50.2 Å². The Morgan fingerprint density at radius 2 is 1.21 bits per heavy atom. The lowest BCUT2D eigenvalue weighted by Crippen LogP contribution is -2.08. The van der Waals surface area contributed by atoms with Crippen LogP contribution in [0.15, 0.2) is 36.4 Å². The summed E-state index contributed by atoms with van der Waals surface area (Å²) < 4.78 is 6.50. The molecule has 0 fully saturated rings. The second-order valence-electron chi connectivity index (χ2n) is 7.00. The van der Waals surface area contributed by atoms with Crippen molar-refractivity contribution in [2.45, 2.75) is 71.6 Å². The van der Waals surface area contributed by atoms with Gasteiger partial charge in [-0.15, -0.1) is 0 Å². The van der Waals surface area contributed by atoms with E-state index in [0.29, 0.717) is 0 Å². The van der Waals surface area contributed by atoms with Crippen molar-refractivity contribution in [2.75, 3.05) is 0 Å². The summed E-state index contributed by atoms with van der Waals surface area (Å²) in [4.78, 5) is 0. The summed E-state index contributed by atoms with van der Waals surface area (Å²) in [5.41, 5.74) is 5.47. The van der Waals surface area contributed by atoms with Crippen molar-refractivity contribution in [3.8, 4) is 11.5 Å². The van der Waals surface area contributed by atoms with Gasteiger partial charge in [0.05, 0.1) is 0 Å². The van der Waals surface area contributed by atoms with Crippen LogP contribution in [0, 0.1) is 0 Å². The molecule has 0 aliphatic carbocycles. The molecule has 2 aromatic carbocycles. The lowest BCUT2D eigenvalue weighted by atomic mass is 9.93. The number of aryl methyl sites for hydroxylation is 2. The monoisotopic (exact) mass is 322 g/mol. The Morgan fingerprint density at radius 1 is 0.708 bits per heavy atom. The second kappa shape index (κ2) is 8.37. The van der Waals surface area contributed by atoms with Gasteiger partial charge in [0.25, 0.3) is 0 Å². The van der Waals surface area contributed by atoms with Crippen LogP contribution in [0.1, 0.15) is 74.6 Å². The Bertz CT molecular complexity index is 614. The topological polar surface area (TPSA) is 9.23 Å². The molecule has 0 N–H and O–H groups in total. The zero-order valence-electron chi connectivity index (χ0n) is 15.2. The Morgan fingerprint density at radius 3 is 1.67 bits per heavy atom. The molecule has 1 aliphatic rings. The smallest absolute Gasteiger partial charge is 0.134 e. The molecule has 0 spiro atoms. The molecule has 0 unspecified atom stereocenters. The summed E-state index contributed by atoms with van der Waals surface area (Å²) in [5.74, 6) is 2.29. The molecular formula is C23H30O. The molecule has 1 heteroatoms. The summed E-state index contributed by atoms with van der Waals surface area (Å²) in [5, 5.41) is 0. The zero-order chi connectivity index (χ0) is 16.8. The predicted molar refractivity (Wildman–Crippen MR) is 102 cm³/mol. The number of fused-ring (bicyclic) bond motifs is 2.